The molecular formula is C26H47NO. The third-order valence-corrected chi connectivity index (χ3v) is 7.47. The smallest absolute Gasteiger partial charge is 0.0686 e. The average molecular weight is 390 g/mol. The lowest BCUT2D eigenvalue weighted by atomic mass is 9.64. The number of piperidine rings is 1. The first-order valence-electron chi connectivity index (χ1n) is 12.0. The molecule has 2 saturated heterocycles. The van der Waals surface area contributed by atoms with Crippen molar-refractivity contribution in [3.05, 3.63) is 23.3 Å². The van der Waals surface area contributed by atoms with Gasteiger partial charge in [-0.1, -0.05) is 59.3 Å². The highest BCUT2D eigenvalue weighted by Gasteiger charge is 2.42. The van der Waals surface area contributed by atoms with Gasteiger partial charge in [-0.05, 0) is 93.2 Å². The molecule has 0 aromatic rings. The van der Waals surface area contributed by atoms with Crippen molar-refractivity contribution in [3.8, 4) is 0 Å². The summed E-state index contributed by atoms with van der Waals surface area (Å²) in [5.41, 5.74) is 3.37. The highest BCUT2D eigenvalue weighted by molar-refractivity contribution is 5.19. The molecule has 2 heteroatoms. The Hall–Kier alpha value is -0.600. The van der Waals surface area contributed by atoms with E-state index in [1.165, 1.54) is 32.1 Å². The first kappa shape index (κ1) is 23.7. The maximum atomic E-state index is 6.67. The number of allylic oxidation sites excluding steroid dienone is 3. The van der Waals surface area contributed by atoms with Gasteiger partial charge in [-0.15, -0.1) is 0 Å². The molecule has 4 unspecified atom stereocenters. The summed E-state index contributed by atoms with van der Waals surface area (Å²) < 4.78 is 6.67. The molecule has 4 atom stereocenters. The molecule has 0 aromatic heterocycles. The Morgan fingerprint density at radius 1 is 1.25 bits per heavy atom. The van der Waals surface area contributed by atoms with Crippen molar-refractivity contribution >= 4 is 0 Å². The minimum atomic E-state index is 0.248. The van der Waals surface area contributed by atoms with Crippen LogP contribution in [-0.2, 0) is 4.74 Å². The molecular weight excluding hydrogens is 342 g/mol. The van der Waals surface area contributed by atoms with Gasteiger partial charge in [-0.25, -0.2) is 0 Å². The monoisotopic (exact) mass is 389 g/mol. The van der Waals surface area contributed by atoms with Crippen LogP contribution in [0.25, 0.3) is 0 Å². The molecule has 2 aliphatic rings. The number of nitrogens with one attached hydrogen (secondary N) is 1. The predicted molar refractivity (Wildman–Crippen MR) is 123 cm³/mol. The summed E-state index contributed by atoms with van der Waals surface area (Å²) in [6, 6.07) is 0. The van der Waals surface area contributed by atoms with Crippen LogP contribution in [0.15, 0.2) is 23.3 Å². The van der Waals surface area contributed by atoms with Crippen molar-refractivity contribution in [1.29, 1.82) is 0 Å². The van der Waals surface area contributed by atoms with Crippen LogP contribution in [0, 0.1) is 29.1 Å². The molecule has 162 valence electrons. The molecule has 2 rings (SSSR count). The number of hydrogen-bond acceptors (Lipinski definition) is 2. The van der Waals surface area contributed by atoms with Crippen molar-refractivity contribution in [2.75, 3.05) is 19.7 Å². The highest BCUT2D eigenvalue weighted by atomic mass is 16.5. The van der Waals surface area contributed by atoms with Crippen molar-refractivity contribution < 1.29 is 4.74 Å². The average Bonchev–Trinajstić information content (AvgIpc) is 2.77. The summed E-state index contributed by atoms with van der Waals surface area (Å²) in [6.07, 6.45) is 12.8. The molecule has 0 bridgehead atoms. The molecule has 0 aromatic carbocycles. The fourth-order valence-corrected chi connectivity index (χ4v) is 5.58. The lowest BCUT2D eigenvalue weighted by Crippen LogP contribution is -2.38. The molecule has 1 N–H and O–H groups in total. The fourth-order valence-electron chi connectivity index (χ4n) is 5.58. The van der Waals surface area contributed by atoms with E-state index in [-0.39, 0.29) is 5.41 Å². The van der Waals surface area contributed by atoms with Crippen molar-refractivity contribution in [3.63, 3.8) is 0 Å². The lowest BCUT2D eigenvalue weighted by Gasteiger charge is -2.40. The Bertz CT molecular complexity index is 529. The summed E-state index contributed by atoms with van der Waals surface area (Å²) in [5, 5.41) is 3.52. The van der Waals surface area contributed by atoms with Gasteiger partial charge in [0.1, 0.15) is 0 Å². The van der Waals surface area contributed by atoms with Crippen LogP contribution in [0.1, 0.15) is 87.0 Å². The van der Waals surface area contributed by atoms with Gasteiger partial charge in [0.25, 0.3) is 0 Å². The Morgan fingerprint density at radius 2 is 1.93 bits per heavy atom. The number of rotatable bonds is 7. The number of ether oxygens (including phenoxy) is 1. The van der Waals surface area contributed by atoms with Crippen molar-refractivity contribution in [2.45, 2.75) is 93.1 Å². The summed E-state index contributed by atoms with van der Waals surface area (Å²) in [5.74, 6) is 2.61. The first-order chi connectivity index (χ1) is 13.3. The van der Waals surface area contributed by atoms with E-state index >= 15 is 0 Å². The zero-order chi connectivity index (χ0) is 20.7. The summed E-state index contributed by atoms with van der Waals surface area (Å²) in [4.78, 5) is 0. The summed E-state index contributed by atoms with van der Waals surface area (Å²) in [7, 11) is 0. The van der Waals surface area contributed by atoms with Crippen molar-refractivity contribution in [2.24, 2.45) is 29.1 Å². The molecule has 0 radical (unpaired) electrons. The van der Waals surface area contributed by atoms with Crippen LogP contribution in [0.2, 0.25) is 0 Å². The van der Waals surface area contributed by atoms with Crippen molar-refractivity contribution in [1.82, 2.24) is 5.32 Å². The second-order valence-corrected chi connectivity index (χ2v) is 10.3. The zero-order valence-electron chi connectivity index (χ0n) is 19.8. The lowest BCUT2D eigenvalue weighted by molar-refractivity contribution is -0.0142. The standard InChI is InChI=1S/C26H47NO/c1-8-9-20(4)10-11-22(6)26(7)17-21(5)25(23-12-14-27-15-13-23)28-18-24(26)16-19(2)3/h9,16,19,21-23,25,27H,8,10-15,17-18H2,1-7H3. The maximum absolute atomic E-state index is 6.67. The van der Waals surface area contributed by atoms with Gasteiger partial charge in [0.15, 0.2) is 0 Å². The molecule has 2 fully saturated rings. The van der Waals surface area contributed by atoms with Crippen LogP contribution in [0.4, 0.5) is 0 Å². The molecule has 2 heterocycles. The zero-order valence-corrected chi connectivity index (χ0v) is 19.8. The van der Waals surface area contributed by atoms with Gasteiger partial charge >= 0.3 is 0 Å². The number of hydrogen-bond donors (Lipinski definition) is 1. The van der Waals surface area contributed by atoms with Gasteiger partial charge in [-0.2, -0.15) is 0 Å². The Balaban J connectivity index is 2.21. The third kappa shape index (κ3) is 6.20. The molecule has 0 spiro atoms. The minimum Gasteiger partial charge on any atom is -0.373 e. The summed E-state index contributed by atoms with van der Waals surface area (Å²) in [6.45, 7) is 19.8. The van der Waals surface area contributed by atoms with Crippen LogP contribution in [0.5, 0.6) is 0 Å². The van der Waals surface area contributed by atoms with Gasteiger partial charge in [-0.3, -0.25) is 0 Å². The van der Waals surface area contributed by atoms with Gasteiger partial charge in [0, 0.05) is 0 Å². The van der Waals surface area contributed by atoms with Gasteiger partial charge in [0.05, 0.1) is 12.7 Å². The normalized spacial score (nSPS) is 33.3. The van der Waals surface area contributed by atoms with E-state index < -0.39 is 0 Å². The van der Waals surface area contributed by atoms with E-state index in [4.69, 9.17) is 4.74 Å². The molecule has 2 aliphatic heterocycles. The largest absolute Gasteiger partial charge is 0.373 e. The van der Waals surface area contributed by atoms with Crippen LogP contribution >= 0.6 is 0 Å². The molecule has 2 nitrogen and oxygen atoms in total. The fraction of sp³-hybridized carbons (Fsp3) is 0.846. The second kappa shape index (κ2) is 11.0. The van der Waals surface area contributed by atoms with Crippen LogP contribution in [0.3, 0.4) is 0 Å². The molecule has 0 saturated carbocycles. The van der Waals surface area contributed by atoms with E-state index in [0.717, 1.165) is 32.0 Å². The highest BCUT2D eigenvalue weighted by Crippen LogP contribution is 2.48. The van der Waals surface area contributed by atoms with Crippen LogP contribution < -0.4 is 5.32 Å². The van der Waals surface area contributed by atoms with E-state index in [2.05, 4.69) is 65.9 Å². The molecule has 28 heavy (non-hydrogen) atoms. The third-order valence-electron chi connectivity index (χ3n) is 7.47. The topological polar surface area (TPSA) is 21.3 Å². The van der Waals surface area contributed by atoms with E-state index in [0.29, 0.717) is 23.9 Å². The quantitative estimate of drug-likeness (QED) is 0.485. The molecule has 0 aliphatic carbocycles. The van der Waals surface area contributed by atoms with E-state index in [1.54, 1.807) is 11.1 Å². The second-order valence-electron chi connectivity index (χ2n) is 10.3. The predicted octanol–water partition coefficient (Wildman–Crippen LogP) is 6.77. The summed E-state index contributed by atoms with van der Waals surface area (Å²) >= 11 is 0. The first-order valence-corrected chi connectivity index (χ1v) is 12.0. The van der Waals surface area contributed by atoms with Gasteiger partial charge in [0.2, 0.25) is 0 Å². The maximum Gasteiger partial charge on any atom is 0.0686 e. The van der Waals surface area contributed by atoms with E-state index in [9.17, 15) is 0 Å². The minimum absolute atomic E-state index is 0.248. The molecule has 0 amide bonds. The van der Waals surface area contributed by atoms with E-state index in [1.807, 2.05) is 0 Å². The van der Waals surface area contributed by atoms with Gasteiger partial charge < -0.3 is 10.1 Å². The SMILES string of the molecule is CCC=C(C)CCC(C)C1(C)CC(C)C(C2CCNCC2)OCC1=CC(C)C. The Kier molecular flexibility index (Phi) is 9.28. The Morgan fingerprint density at radius 3 is 2.54 bits per heavy atom. The van der Waals surface area contributed by atoms with Crippen LogP contribution in [-0.4, -0.2) is 25.8 Å². The Labute approximate surface area is 175 Å².